The smallest absolute Gasteiger partial charge is 0.0802 e. The number of hydrogen-bond acceptors (Lipinski definition) is 3. The van der Waals surface area contributed by atoms with E-state index < -0.39 is 0 Å². The molecule has 1 unspecified atom stereocenters. The van der Waals surface area contributed by atoms with Gasteiger partial charge in [-0.3, -0.25) is 5.84 Å². The van der Waals surface area contributed by atoms with Gasteiger partial charge in [0.25, 0.3) is 0 Å². The predicted molar refractivity (Wildman–Crippen MR) is 81.2 cm³/mol. The number of nitrogens with one attached hydrogen (secondary N) is 1. The molecule has 0 fully saturated rings. The number of hydrogen-bond donors (Lipinski definition) is 2. The van der Waals surface area contributed by atoms with Crippen molar-refractivity contribution in [3.05, 3.63) is 57.3 Å². The molecule has 100 valence electrons. The first-order chi connectivity index (χ1) is 9.38. The Kier molecular flexibility index (Phi) is 3.97. The topological polar surface area (TPSA) is 38.0 Å². The van der Waals surface area contributed by atoms with Crippen LogP contribution in [-0.4, -0.2) is 0 Å². The third-order valence-corrected chi connectivity index (χ3v) is 5.15. The fourth-order valence-corrected chi connectivity index (χ4v) is 4.17. The molecule has 3 heteroatoms. The van der Waals surface area contributed by atoms with Crippen LogP contribution in [0.2, 0.25) is 0 Å². The van der Waals surface area contributed by atoms with Crippen molar-refractivity contribution in [1.82, 2.24) is 5.43 Å². The highest BCUT2D eigenvalue weighted by Gasteiger charge is 2.18. The SMILES string of the molecule is NNC(c1ccccc1)c1cc2c(s1)CCCCC2. The van der Waals surface area contributed by atoms with E-state index in [9.17, 15) is 0 Å². The Bertz CT molecular complexity index is 509. The molecule has 2 nitrogen and oxygen atoms in total. The molecule has 1 aromatic heterocycles. The van der Waals surface area contributed by atoms with E-state index in [4.69, 9.17) is 5.84 Å². The summed E-state index contributed by atoms with van der Waals surface area (Å²) in [6, 6.07) is 12.9. The van der Waals surface area contributed by atoms with Crippen LogP contribution >= 0.6 is 11.3 Å². The van der Waals surface area contributed by atoms with Gasteiger partial charge in [-0.2, -0.15) is 0 Å². The van der Waals surface area contributed by atoms with E-state index in [1.165, 1.54) is 42.5 Å². The zero-order valence-electron chi connectivity index (χ0n) is 11.1. The average molecular weight is 272 g/mol. The lowest BCUT2D eigenvalue weighted by Gasteiger charge is -2.14. The molecule has 3 N–H and O–H groups in total. The van der Waals surface area contributed by atoms with Crippen molar-refractivity contribution in [3.63, 3.8) is 0 Å². The first-order valence-corrected chi connectivity index (χ1v) is 7.82. The lowest BCUT2D eigenvalue weighted by molar-refractivity contribution is 0.645. The molecule has 0 radical (unpaired) electrons. The summed E-state index contributed by atoms with van der Waals surface area (Å²) >= 11 is 1.93. The minimum atomic E-state index is 0.123. The summed E-state index contributed by atoms with van der Waals surface area (Å²) in [7, 11) is 0. The highest BCUT2D eigenvalue weighted by molar-refractivity contribution is 7.12. The van der Waals surface area contributed by atoms with Crippen LogP contribution in [0.5, 0.6) is 0 Å². The van der Waals surface area contributed by atoms with Crippen molar-refractivity contribution in [3.8, 4) is 0 Å². The van der Waals surface area contributed by atoms with E-state index in [0.717, 1.165) is 0 Å². The van der Waals surface area contributed by atoms with Gasteiger partial charge >= 0.3 is 0 Å². The summed E-state index contributed by atoms with van der Waals surface area (Å²) in [6.07, 6.45) is 6.51. The first kappa shape index (κ1) is 12.9. The lowest BCUT2D eigenvalue weighted by Crippen LogP contribution is -2.28. The predicted octanol–water partition coefficient (Wildman–Crippen LogP) is 3.57. The fraction of sp³-hybridized carbons (Fsp3) is 0.375. The maximum atomic E-state index is 5.78. The van der Waals surface area contributed by atoms with Crippen LogP contribution in [0.15, 0.2) is 36.4 Å². The molecule has 2 aromatic rings. The number of hydrazine groups is 1. The second-order valence-corrected chi connectivity index (χ2v) is 6.34. The zero-order valence-corrected chi connectivity index (χ0v) is 11.9. The highest BCUT2D eigenvalue weighted by atomic mass is 32.1. The Labute approximate surface area is 118 Å². The Morgan fingerprint density at radius 3 is 2.63 bits per heavy atom. The Hall–Kier alpha value is -1.16. The van der Waals surface area contributed by atoms with Gasteiger partial charge in [0.15, 0.2) is 0 Å². The molecule has 0 bridgehead atoms. The highest BCUT2D eigenvalue weighted by Crippen LogP contribution is 2.34. The van der Waals surface area contributed by atoms with Crippen LogP contribution in [0.25, 0.3) is 0 Å². The molecule has 1 aliphatic carbocycles. The normalized spacial score (nSPS) is 16.7. The van der Waals surface area contributed by atoms with Crippen molar-refractivity contribution in [2.24, 2.45) is 5.84 Å². The molecule has 1 atom stereocenters. The number of thiophene rings is 1. The van der Waals surface area contributed by atoms with E-state index in [0.29, 0.717) is 0 Å². The first-order valence-electron chi connectivity index (χ1n) is 7.01. The van der Waals surface area contributed by atoms with Crippen molar-refractivity contribution < 1.29 is 0 Å². The largest absolute Gasteiger partial charge is 0.271 e. The molecule has 0 aliphatic heterocycles. The quantitative estimate of drug-likeness (QED) is 0.509. The molecule has 1 heterocycles. The number of nitrogens with two attached hydrogens (primary N) is 1. The number of fused-ring (bicyclic) bond motifs is 1. The van der Waals surface area contributed by atoms with E-state index in [1.54, 1.807) is 10.4 Å². The standard InChI is InChI=1S/C16H20N2S/c17-18-16(12-7-3-1-4-8-12)15-11-13-9-5-2-6-10-14(13)19-15/h1,3-4,7-8,11,16,18H,2,5-6,9-10,17H2. The van der Waals surface area contributed by atoms with Gasteiger partial charge in [0.05, 0.1) is 6.04 Å². The van der Waals surface area contributed by atoms with E-state index >= 15 is 0 Å². The maximum Gasteiger partial charge on any atom is 0.0802 e. The van der Waals surface area contributed by atoms with E-state index in [1.807, 2.05) is 17.4 Å². The zero-order chi connectivity index (χ0) is 13.1. The Morgan fingerprint density at radius 1 is 1.05 bits per heavy atom. The van der Waals surface area contributed by atoms with E-state index in [-0.39, 0.29) is 6.04 Å². The molecule has 0 amide bonds. The Morgan fingerprint density at radius 2 is 1.84 bits per heavy atom. The number of benzene rings is 1. The number of rotatable bonds is 3. The van der Waals surface area contributed by atoms with Crippen molar-refractivity contribution >= 4 is 11.3 Å². The van der Waals surface area contributed by atoms with Gasteiger partial charge in [-0.1, -0.05) is 36.8 Å². The van der Waals surface area contributed by atoms with Crippen LogP contribution in [0, 0.1) is 0 Å². The van der Waals surface area contributed by atoms with E-state index in [2.05, 4.69) is 35.8 Å². The van der Waals surface area contributed by atoms with Gasteiger partial charge in [-0.05, 0) is 42.9 Å². The van der Waals surface area contributed by atoms with Gasteiger partial charge in [0.2, 0.25) is 0 Å². The summed E-state index contributed by atoms with van der Waals surface area (Å²) in [5, 5.41) is 0. The Balaban J connectivity index is 1.92. The molecule has 0 saturated carbocycles. The molecule has 3 rings (SSSR count). The minimum Gasteiger partial charge on any atom is -0.271 e. The van der Waals surface area contributed by atoms with Crippen LogP contribution in [0.3, 0.4) is 0 Å². The van der Waals surface area contributed by atoms with Gasteiger partial charge in [0, 0.05) is 9.75 Å². The molecular weight excluding hydrogens is 252 g/mol. The van der Waals surface area contributed by atoms with Crippen LogP contribution in [0.1, 0.15) is 46.2 Å². The maximum absolute atomic E-state index is 5.78. The molecule has 1 aliphatic rings. The second-order valence-electron chi connectivity index (χ2n) is 5.17. The molecule has 0 saturated heterocycles. The van der Waals surface area contributed by atoms with Crippen molar-refractivity contribution in [1.29, 1.82) is 0 Å². The van der Waals surface area contributed by atoms with Gasteiger partial charge in [-0.15, -0.1) is 11.3 Å². The monoisotopic (exact) mass is 272 g/mol. The van der Waals surface area contributed by atoms with Crippen molar-refractivity contribution in [2.75, 3.05) is 0 Å². The van der Waals surface area contributed by atoms with Gasteiger partial charge in [0.1, 0.15) is 0 Å². The van der Waals surface area contributed by atoms with Gasteiger partial charge < -0.3 is 0 Å². The second kappa shape index (κ2) is 5.87. The lowest BCUT2D eigenvalue weighted by atomic mass is 10.0. The summed E-state index contributed by atoms with van der Waals surface area (Å²) in [5.74, 6) is 5.78. The van der Waals surface area contributed by atoms with Crippen LogP contribution in [0.4, 0.5) is 0 Å². The third-order valence-electron chi connectivity index (χ3n) is 3.85. The molecule has 1 aromatic carbocycles. The average Bonchev–Trinajstić information content (AvgIpc) is 2.71. The molecule has 19 heavy (non-hydrogen) atoms. The summed E-state index contributed by atoms with van der Waals surface area (Å²) in [4.78, 5) is 2.92. The minimum absolute atomic E-state index is 0.123. The molecule has 0 spiro atoms. The van der Waals surface area contributed by atoms with Gasteiger partial charge in [-0.25, -0.2) is 5.43 Å². The van der Waals surface area contributed by atoms with Crippen molar-refractivity contribution in [2.45, 2.75) is 38.1 Å². The van der Waals surface area contributed by atoms with Crippen LogP contribution < -0.4 is 11.3 Å². The summed E-state index contributed by atoms with van der Waals surface area (Å²) in [6.45, 7) is 0. The van der Waals surface area contributed by atoms with Crippen LogP contribution in [-0.2, 0) is 12.8 Å². The fourth-order valence-electron chi connectivity index (χ4n) is 2.82. The summed E-state index contributed by atoms with van der Waals surface area (Å²) in [5.41, 5.74) is 5.76. The molecular formula is C16H20N2S. The third kappa shape index (κ3) is 2.73. The number of aryl methyl sites for hydroxylation is 2. The summed E-state index contributed by atoms with van der Waals surface area (Å²) < 4.78 is 0.